The number of ether oxygens (including phenoxy) is 1. The molecule has 0 atom stereocenters. The van der Waals surface area contributed by atoms with Gasteiger partial charge in [0, 0.05) is 0 Å². The van der Waals surface area contributed by atoms with E-state index in [1.54, 1.807) is 6.92 Å². The summed E-state index contributed by atoms with van der Waals surface area (Å²) in [7, 11) is 0. The monoisotopic (exact) mass is 246 g/mol. The van der Waals surface area contributed by atoms with Crippen LogP contribution in [-0.4, -0.2) is 22.5 Å². The molecule has 0 aliphatic rings. The van der Waals surface area contributed by atoms with Crippen molar-refractivity contribution in [3.05, 3.63) is 35.7 Å². The molecule has 4 heteroatoms. The summed E-state index contributed by atoms with van der Waals surface area (Å²) < 4.78 is 4.86. The lowest BCUT2D eigenvalue weighted by Gasteiger charge is -2.02. The van der Waals surface area contributed by atoms with Crippen LogP contribution in [0.4, 0.5) is 0 Å². The van der Waals surface area contributed by atoms with Crippen LogP contribution in [0.2, 0.25) is 0 Å². The first-order valence-corrected chi connectivity index (χ1v) is 6.11. The fourth-order valence-electron chi connectivity index (χ4n) is 1.42. The zero-order valence-corrected chi connectivity index (χ0v) is 11.2. The van der Waals surface area contributed by atoms with Gasteiger partial charge in [-0.2, -0.15) is 0 Å². The minimum atomic E-state index is -0.433. The number of nitrogens with zero attached hydrogens (tertiary/aromatic N) is 2. The van der Waals surface area contributed by atoms with E-state index >= 15 is 0 Å². The second-order valence-corrected chi connectivity index (χ2v) is 3.47. The lowest BCUT2D eigenvalue weighted by Crippen LogP contribution is -2.07. The molecule has 0 saturated carbocycles. The van der Waals surface area contributed by atoms with Crippen molar-refractivity contribution < 1.29 is 9.53 Å². The van der Waals surface area contributed by atoms with Gasteiger partial charge in [0.05, 0.1) is 23.8 Å². The number of carbonyl (C=O) groups is 1. The van der Waals surface area contributed by atoms with Crippen LogP contribution in [0.3, 0.4) is 0 Å². The van der Waals surface area contributed by atoms with Gasteiger partial charge in [-0.15, -0.1) is 0 Å². The number of benzene rings is 1. The van der Waals surface area contributed by atoms with Crippen molar-refractivity contribution in [2.24, 2.45) is 0 Å². The number of rotatable bonds is 2. The summed E-state index contributed by atoms with van der Waals surface area (Å²) in [5.41, 5.74) is 2.85. The van der Waals surface area contributed by atoms with Crippen LogP contribution in [0.15, 0.2) is 24.4 Å². The predicted octanol–water partition coefficient (Wildman–Crippen LogP) is 3.14. The summed E-state index contributed by atoms with van der Waals surface area (Å²) in [6.07, 6.45) is 1.44. The number of esters is 1. The summed E-state index contributed by atoms with van der Waals surface area (Å²) in [5.74, 6) is -0.433. The van der Waals surface area contributed by atoms with Crippen LogP contribution in [-0.2, 0) is 4.74 Å². The van der Waals surface area contributed by atoms with Crippen molar-refractivity contribution in [3.8, 4) is 0 Å². The van der Waals surface area contributed by atoms with Gasteiger partial charge in [0.25, 0.3) is 0 Å². The van der Waals surface area contributed by atoms with Gasteiger partial charge in [-0.25, -0.2) is 9.78 Å². The minimum Gasteiger partial charge on any atom is -0.461 e. The summed E-state index contributed by atoms with van der Waals surface area (Å²) in [6.45, 7) is 8.09. The lowest BCUT2D eigenvalue weighted by atomic mass is 10.2. The maximum Gasteiger partial charge on any atom is 0.358 e. The van der Waals surface area contributed by atoms with Gasteiger partial charge < -0.3 is 4.74 Å². The second kappa shape index (κ2) is 6.69. The average molecular weight is 246 g/mol. The Morgan fingerprint density at radius 2 is 2.00 bits per heavy atom. The van der Waals surface area contributed by atoms with E-state index in [1.807, 2.05) is 39.0 Å². The van der Waals surface area contributed by atoms with Gasteiger partial charge >= 0.3 is 5.97 Å². The largest absolute Gasteiger partial charge is 0.461 e. The van der Waals surface area contributed by atoms with Crippen molar-refractivity contribution in [3.63, 3.8) is 0 Å². The number of hydrogen-bond acceptors (Lipinski definition) is 4. The third kappa shape index (κ3) is 3.26. The molecular weight excluding hydrogens is 228 g/mol. The molecule has 0 unspecified atom stereocenters. The number of aryl methyl sites for hydroxylation is 1. The summed E-state index contributed by atoms with van der Waals surface area (Å²) in [5, 5.41) is 0. The van der Waals surface area contributed by atoms with Gasteiger partial charge in [0.1, 0.15) is 0 Å². The maximum atomic E-state index is 11.4. The normalized spacial score (nSPS) is 9.56. The Hall–Kier alpha value is -1.97. The van der Waals surface area contributed by atoms with Gasteiger partial charge in [0.2, 0.25) is 0 Å². The van der Waals surface area contributed by atoms with Crippen molar-refractivity contribution in [1.29, 1.82) is 0 Å². The van der Waals surface area contributed by atoms with Gasteiger partial charge in [0.15, 0.2) is 5.69 Å². The number of carbonyl (C=O) groups excluding carboxylic acids is 1. The molecule has 18 heavy (non-hydrogen) atoms. The van der Waals surface area contributed by atoms with E-state index in [2.05, 4.69) is 9.97 Å². The SMILES string of the molecule is CC.CCOC(=O)c1cnc2cc(C)ccc2n1. The number of aromatic nitrogens is 2. The van der Waals surface area contributed by atoms with Gasteiger partial charge in [-0.1, -0.05) is 19.9 Å². The highest BCUT2D eigenvalue weighted by atomic mass is 16.5. The third-order valence-electron chi connectivity index (χ3n) is 2.18. The first-order valence-electron chi connectivity index (χ1n) is 6.11. The van der Waals surface area contributed by atoms with Crippen LogP contribution in [0, 0.1) is 6.92 Å². The molecule has 0 radical (unpaired) electrons. The highest BCUT2D eigenvalue weighted by molar-refractivity contribution is 5.89. The number of hydrogen-bond donors (Lipinski definition) is 0. The first kappa shape index (κ1) is 14.1. The summed E-state index contributed by atoms with van der Waals surface area (Å²) in [6, 6.07) is 5.71. The van der Waals surface area contributed by atoms with E-state index in [1.165, 1.54) is 6.20 Å². The molecule has 0 fully saturated rings. The smallest absolute Gasteiger partial charge is 0.358 e. The highest BCUT2D eigenvalue weighted by Crippen LogP contribution is 2.11. The third-order valence-corrected chi connectivity index (χ3v) is 2.18. The second-order valence-electron chi connectivity index (χ2n) is 3.47. The fourth-order valence-corrected chi connectivity index (χ4v) is 1.42. The lowest BCUT2D eigenvalue weighted by molar-refractivity contribution is 0.0519. The summed E-state index contributed by atoms with van der Waals surface area (Å²) >= 11 is 0. The molecule has 0 saturated heterocycles. The molecule has 96 valence electrons. The van der Waals surface area contributed by atoms with E-state index in [4.69, 9.17) is 4.74 Å². The van der Waals surface area contributed by atoms with E-state index in [0.717, 1.165) is 11.1 Å². The Bertz CT molecular complexity index is 538. The standard InChI is InChI=1S/C12H12N2O2.C2H6/c1-3-16-12(15)11-7-13-10-6-8(2)4-5-9(10)14-11;1-2/h4-7H,3H2,1-2H3;1-2H3. The van der Waals surface area contributed by atoms with Crippen LogP contribution < -0.4 is 0 Å². The average Bonchev–Trinajstić information content (AvgIpc) is 2.40. The molecule has 0 bridgehead atoms. The molecule has 0 aliphatic heterocycles. The molecular formula is C14H18N2O2. The van der Waals surface area contributed by atoms with Crippen molar-refractivity contribution in [2.75, 3.05) is 6.61 Å². The highest BCUT2D eigenvalue weighted by Gasteiger charge is 2.09. The van der Waals surface area contributed by atoms with E-state index in [-0.39, 0.29) is 5.69 Å². The van der Waals surface area contributed by atoms with Gasteiger partial charge in [-0.3, -0.25) is 4.98 Å². The Balaban J connectivity index is 0.000000771. The molecule has 0 amide bonds. The van der Waals surface area contributed by atoms with Crippen LogP contribution in [0.5, 0.6) is 0 Å². The van der Waals surface area contributed by atoms with Crippen molar-refractivity contribution in [1.82, 2.24) is 9.97 Å². The van der Waals surface area contributed by atoms with Crippen LogP contribution in [0.1, 0.15) is 36.8 Å². The molecule has 0 N–H and O–H groups in total. The first-order chi connectivity index (χ1) is 8.70. The Morgan fingerprint density at radius 3 is 2.67 bits per heavy atom. The molecule has 2 aromatic rings. The molecule has 0 spiro atoms. The predicted molar refractivity (Wildman–Crippen MR) is 71.6 cm³/mol. The van der Waals surface area contributed by atoms with E-state index < -0.39 is 5.97 Å². The van der Waals surface area contributed by atoms with Crippen LogP contribution in [0.25, 0.3) is 11.0 Å². The van der Waals surface area contributed by atoms with Crippen molar-refractivity contribution >= 4 is 17.0 Å². The number of fused-ring (bicyclic) bond motifs is 1. The quantitative estimate of drug-likeness (QED) is 0.764. The van der Waals surface area contributed by atoms with E-state index in [0.29, 0.717) is 12.1 Å². The summed E-state index contributed by atoms with van der Waals surface area (Å²) in [4.78, 5) is 19.8. The zero-order valence-electron chi connectivity index (χ0n) is 11.2. The van der Waals surface area contributed by atoms with Crippen molar-refractivity contribution in [2.45, 2.75) is 27.7 Å². The molecule has 0 aliphatic carbocycles. The topological polar surface area (TPSA) is 52.1 Å². The Morgan fingerprint density at radius 1 is 1.28 bits per heavy atom. The fraction of sp³-hybridized carbons (Fsp3) is 0.357. The van der Waals surface area contributed by atoms with E-state index in [9.17, 15) is 4.79 Å². The van der Waals surface area contributed by atoms with Gasteiger partial charge in [-0.05, 0) is 31.5 Å². The zero-order chi connectivity index (χ0) is 13.5. The molecule has 1 aromatic carbocycles. The maximum absolute atomic E-state index is 11.4. The Kier molecular flexibility index (Phi) is 5.24. The van der Waals surface area contributed by atoms with Crippen LogP contribution >= 0.6 is 0 Å². The molecule has 1 heterocycles. The molecule has 1 aromatic heterocycles. The molecule has 2 rings (SSSR count). The Labute approximate surface area is 107 Å². The minimum absolute atomic E-state index is 0.248. The molecule has 4 nitrogen and oxygen atoms in total.